The molecule has 0 fully saturated rings. The van der Waals surface area contributed by atoms with Crippen molar-refractivity contribution in [1.29, 1.82) is 0 Å². The van der Waals surface area contributed by atoms with Gasteiger partial charge >= 0.3 is 0 Å². The molecule has 14 heavy (non-hydrogen) atoms. The van der Waals surface area contributed by atoms with Gasteiger partial charge in [0.15, 0.2) is 0 Å². The molecule has 0 spiro atoms. The fourth-order valence-electron chi connectivity index (χ4n) is 1.15. The van der Waals surface area contributed by atoms with Crippen LogP contribution in [0.3, 0.4) is 0 Å². The van der Waals surface area contributed by atoms with E-state index in [1.165, 1.54) is 0 Å². The molecule has 0 aliphatic rings. The number of hydrogen-bond donors (Lipinski definition) is 1. The monoisotopic (exact) mass is 315 g/mol. The van der Waals surface area contributed by atoms with Crippen LogP contribution in [0.2, 0.25) is 0 Å². The zero-order valence-electron chi connectivity index (χ0n) is 7.38. The molecular formula is C9H7Br2N3. The van der Waals surface area contributed by atoms with Crippen molar-refractivity contribution in [3.63, 3.8) is 0 Å². The smallest absolute Gasteiger partial charge is 0.126 e. The van der Waals surface area contributed by atoms with Crippen molar-refractivity contribution < 1.29 is 0 Å². The zero-order valence-corrected chi connectivity index (χ0v) is 10.6. The number of nitrogens with zero attached hydrogens (tertiary/aromatic N) is 2. The van der Waals surface area contributed by atoms with E-state index in [1.807, 2.05) is 25.1 Å². The molecule has 3 nitrogen and oxygen atoms in total. The van der Waals surface area contributed by atoms with E-state index < -0.39 is 0 Å². The minimum atomic E-state index is 0.820. The molecule has 0 aliphatic heterocycles. The van der Waals surface area contributed by atoms with Crippen LogP contribution in [-0.2, 0) is 0 Å². The van der Waals surface area contributed by atoms with Gasteiger partial charge in [-0.25, -0.2) is 0 Å². The summed E-state index contributed by atoms with van der Waals surface area (Å²) >= 11 is 6.77. The summed E-state index contributed by atoms with van der Waals surface area (Å²) in [6, 6.07) is 5.85. The van der Waals surface area contributed by atoms with Crippen LogP contribution in [0.25, 0.3) is 11.4 Å². The summed E-state index contributed by atoms with van der Waals surface area (Å²) in [6.07, 6.45) is 0. The Labute approximate surface area is 98.2 Å². The Balaban J connectivity index is 2.55. The maximum absolute atomic E-state index is 4.38. The summed E-state index contributed by atoms with van der Waals surface area (Å²) in [7, 11) is 0. The number of nitrogens with one attached hydrogen (secondary N) is 1. The van der Waals surface area contributed by atoms with Crippen molar-refractivity contribution in [2.75, 3.05) is 0 Å². The van der Waals surface area contributed by atoms with Crippen LogP contribution < -0.4 is 0 Å². The van der Waals surface area contributed by atoms with Crippen LogP contribution >= 0.6 is 31.9 Å². The third kappa shape index (κ3) is 1.74. The van der Waals surface area contributed by atoms with Gasteiger partial charge in [-0.1, -0.05) is 6.07 Å². The number of aromatic amines is 1. The van der Waals surface area contributed by atoms with E-state index in [0.29, 0.717) is 0 Å². The Morgan fingerprint density at radius 2 is 2.07 bits per heavy atom. The van der Waals surface area contributed by atoms with E-state index in [-0.39, 0.29) is 0 Å². The van der Waals surface area contributed by atoms with Crippen LogP contribution in [-0.4, -0.2) is 15.2 Å². The molecular weight excluding hydrogens is 310 g/mol. The maximum atomic E-state index is 4.38. The van der Waals surface area contributed by atoms with Gasteiger partial charge in [-0.15, -0.1) is 0 Å². The molecule has 0 bridgehead atoms. The average molecular weight is 317 g/mol. The van der Waals surface area contributed by atoms with E-state index in [1.54, 1.807) is 0 Å². The first-order valence-corrected chi connectivity index (χ1v) is 5.60. The molecule has 0 saturated carbocycles. The second kappa shape index (κ2) is 3.82. The minimum absolute atomic E-state index is 0.820. The number of pyridine rings is 1. The Kier molecular flexibility index (Phi) is 2.69. The predicted molar refractivity (Wildman–Crippen MR) is 62.0 cm³/mol. The zero-order chi connectivity index (χ0) is 10.1. The quantitative estimate of drug-likeness (QED) is 0.877. The molecule has 0 unspecified atom stereocenters. The van der Waals surface area contributed by atoms with Crippen molar-refractivity contribution >= 4 is 31.9 Å². The highest BCUT2D eigenvalue weighted by Crippen LogP contribution is 2.30. The van der Waals surface area contributed by atoms with E-state index in [2.05, 4.69) is 47.0 Å². The fourth-order valence-corrected chi connectivity index (χ4v) is 1.81. The average Bonchev–Trinajstić information content (AvgIpc) is 2.48. The third-order valence-electron chi connectivity index (χ3n) is 1.80. The Bertz CT molecular complexity index is 465. The Hall–Kier alpha value is -0.680. The van der Waals surface area contributed by atoms with Gasteiger partial charge in [0.25, 0.3) is 0 Å². The van der Waals surface area contributed by atoms with E-state index >= 15 is 0 Å². The van der Waals surface area contributed by atoms with Crippen molar-refractivity contribution in [2.45, 2.75) is 6.92 Å². The summed E-state index contributed by atoms with van der Waals surface area (Å²) < 4.78 is 1.73. The third-order valence-corrected chi connectivity index (χ3v) is 3.68. The second-order valence-corrected chi connectivity index (χ2v) is 4.45. The van der Waals surface area contributed by atoms with Gasteiger partial charge in [-0.3, -0.25) is 10.1 Å². The summed E-state index contributed by atoms with van der Waals surface area (Å²) in [4.78, 5) is 4.38. The van der Waals surface area contributed by atoms with Gasteiger partial charge in [0.1, 0.15) is 10.3 Å². The predicted octanol–water partition coefficient (Wildman–Crippen LogP) is 3.31. The molecule has 0 saturated heterocycles. The van der Waals surface area contributed by atoms with Gasteiger partial charge in [0.2, 0.25) is 0 Å². The molecule has 2 aromatic heterocycles. The molecule has 0 amide bonds. The number of hydrogen-bond acceptors (Lipinski definition) is 2. The largest absolute Gasteiger partial charge is 0.270 e. The van der Waals surface area contributed by atoms with Gasteiger partial charge in [-0.05, 0) is 50.9 Å². The lowest BCUT2D eigenvalue weighted by Crippen LogP contribution is -1.86. The first-order valence-electron chi connectivity index (χ1n) is 4.02. The van der Waals surface area contributed by atoms with Crippen LogP contribution in [0.15, 0.2) is 27.3 Å². The number of halogens is 2. The molecule has 5 heteroatoms. The molecule has 72 valence electrons. The Morgan fingerprint density at radius 3 is 2.64 bits per heavy atom. The molecule has 0 aliphatic carbocycles. The maximum Gasteiger partial charge on any atom is 0.126 e. The van der Waals surface area contributed by atoms with Crippen molar-refractivity contribution in [3.8, 4) is 11.4 Å². The van der Waals surface area contributed by atoms with Crippen LogP contribution in [0.5, 0.6) is 0 Å². The molecule has 2 heterocycles. The Morgan fingerprint density at radius 1 is 1.29 bits per heavy atom. The van der Waals surface area contributed by atoms with E-state index in [4.69, 9.17) is 0 Å². The number of H-pyrrole nitrogens is 1. The van der Waals surface area contributed by atoms with Gasteiger partial charge in [-0.2, -0.15) is 5.10 Å². The van der Waals surface area contributed by atoms with Crippen molar-refractivity contribution in [1.82, 2.24) is 15.2 Å². The number of aromatic nitrogens is 3. The molecule has 2 aromatic rings. The van der Waals surface area contributed by atoms with Gasteiger partial charge < -0.3 is 0 Å². The number of aryl methyl sites for hydroxylation is 1. The lowest BCUT2D eigenvalue weighted by Gasteiger charge is -1.97. The van der Waals surface area contributed by atoms with E-state index in [9.17, 15) is 0 Å². The lowest BCUT2D eigenvalue weighted by atomic mass is 10.2. The summed E-state index contributed by atoms with van der Waals surface area (Å²) in [5, 5.41) is 6.98. The second-order valence-electron chi connectivity index (χ2n) is 2.86. The molecule has 2 rings (SSSR count). The van der Waals surface area contributed by atoms with E-state index in [0.717, 1.165) is 26.2 Å². The van der Waals surface area contributed by atoms with Crippen molar-refractivity contribution in [2.24, 2.45) is 0 Å². The fraction of sp³-hybridized carbons (Fsp3) is 0.111. The molecule has 0 aromatic carbocycles. The SMILES string of the molecule is Cc1cccc(-c2n[nH]c(Br)c2Br)n1. The molecule has 0 atom stereocenters. The van der Waals surface area contributed by atoms with Crippen LogP contribution in [0, 0.1) is 6.92 Å². The summed E-state index contributed by atoms with van der Waals surface area (Å²) in [5.41, 5.74) is 2.66. The van der Waals surface area contributed by atoms with Gasteiger partial charge in [0.05, 0.1) is 10.2 Å². The summed E-state index contributed by atoms with van der Waals surface area (Å²) in [6.45, 7) is 1.96. The summed E-state index contributed by atoms with van der Waals surface area (Å²) in [5.74, 6) is 0. The van der Waals surface area contributed by atoms with Crippen LogP contribution in [0.4, 0.5) is 0 Å². The molecule has 1 N–H and O–H groups in total. The topological polar surface area (TPSA) is 41.6 Å². The normalized spacial score (nSPS) is 10.5. The molecule has 0 radical (unpaired) electrons. The number of rotatable bonds is 1. The van der Waals surface area contributed by atoms with Gasteiger partial charge in [0, 0.05) is 5.69 Å². The first kappa shape index (κ1) is 9.86. The minimum Gasteiger partial charge on any atom is -0.270 e. The standard InChI is InChI=1S/C9H7Br2N3/c1-5-3-2-4-6(12-5)8-7(10)9(11)14-13-8/h2-4H,1H3,(H,13,14). The highest BCUT2D eigenvalue weighted by molar-refractivity contribution is 9.13. The first-order chi connectivity index (χ1) is 6.68. The highest BCUT2D eigenvalue weighted by atomic mass is 79.9. The highest BCUT2D eigenvalue weighted by Gasteiger charge is 2.11. The van der Waals surface area contributed by atoms with Crippen molar-refractivity contribution in [3.05, 3.63) is 33.0 Å². The van der Waals surface area contributed by atoms with Crippen LogP contribution in [0.1, 0.15) is 5.69 Å². The lowest BCUT2D eigenvalue weighted by molar-refractivity contribution is 1.06.